The summed E-state index contributed by atoms with van der Waals surface area (Å²) in [6.07, 6.45) is 2.24. The van der Waals surface area contributed by atoms with Crippen molar-refractivity contribution in [2.45, 2.75) is 32.4 Å². The third-order valence-corrected chi connectivity index (χ3v) is 5.39. The molecule has 0 aliphatic carbocycles. The fourth-order valence-electron chi connectivity index (χ4n) is 2.77. The van der Waals surface area contributed by atoms with Gasteiger partial charge in [-0.15, -0.1) is 11.3 Å². The number of carbonyl (C=O) groups is 1. The quantitative estimate of drug-likeness (QED) is 0.793. The van der Waals surface area contributed by atoms with Crippen LogP contribution in [0.15, 0.2) is 35.7 Å². The van der Waals surface area contributed by atoms with Gasteiger partial charge in [-0.1, -0.05) is 11.6 Å². The smallest absolute Gasteiger partial charge is 0.254 e. The van der Waals surface area contributed by atoms with Crippen molar-refractivity contribution in [2.24, 2.45) is 0 Å². The lowest BCUT2D eigenvalue weighted by Gasteiger charge is -2.25. The molecule has 0 saturated carbocycles. The van der Waals surface area contributed by atoms with Crippen LogP contribution in [0.25, 0.3) is 0 Å². The van der Waals surface area contributed by atoms with Crippen LogP contribution in [0.3, 0.4) is 0 Å². The first-order chi connectivity index (χ1) is 11.1. The number of rotatable bonds is 5. The van der Waals surface area contributed by atoms with Gasteiger partial charge in [-0.05, 0) is 61.0 Å². The second-order valence-corrected chi connectivity index (χ2v) is 7.29. The van der Waals surface area contributed by atoms with Crippen LogP contribution in [0.5, 0.6) is 0 Å². The van der Waals surface area contributed by atoms with Crippen LogP contribution in [-0.2, 0) is 11.3 Å². The largest absolute Gasteiger partial charge is 0.376 e. The maximum Gasteiger partial charge on any atom is 0.254 e. The number of benzene rings is 1. The summed E-state index contributed by atoms with van der Waals surface area (Å²) in [5, 5.41) is 2.71. The van der Waals surface area contributed by atoms with Crippen molar-refractivity contribution in [2.75, 3.05) is 13.2 Å². The molecule has 0 N–H and O–H groups in total. The number of amides is 1. The molecule has 3 rings (SSSR count). The highest BCUT2D eigenvalue weighted by atomic mass is 35.5. The minimum absolute atomic E-state index is 0.0324. The number of aryl methyl sites for hydroxylation is 1. The van der Waals surface area contributed by atoms with Gasteiger partial charge in [0.25, 0.3) is 5.91 Å². The number of carbonyl (C=O) groups excluding carboxylic acids is 1. The van der Waals surface area contributed by atoms with E-state index in [0.29, 0.717) is 23.7 Å². The molecule has 0 radical (unpaired) electrons. The van der Waals surface area contributed by atoms with E-state index in [1.54, 1.807) is 35.6 Å². The molecule has 1 aliphatic heterocycles. The number of nitrogens with zero attached hydrogens (tertiary/aromatic N) is 1. The number of ether oxygens (including phenoxy) is 1. The standard InChI is InChI=1S/C18H20ClNO2S/c1-13-8-10-23-17(13)12-20(11-16-3-2-9-22-16)18(21)14-4-6-15(19)7-5-14/h4-8,10,16H,2-3,9,11-12H2,1H3/t16-/m0/s1. The van der Waals surface area contributed by atoms with Crippen molar-refractivity contribution in [3.05, 3.63) is 56.7 Å². The summed E-state index contributed by atoms with van der Waals surface area (Å²) in [6.45, 7) is 4.15. The van der Waals surface area contributed by atoms with Gasteiger partial charge >= 0.3 is 0 Å². The number of halogens is 1. The lowest BCUT2D eigenvalue weighted by molar-refractivity contribution is 0.0509. The van der Waals surface area contributed by atoms with Crippen LogP contribution in [0.2, 0.25) is 5.02 Å². The lowest BCUT2D eigenvalue weighted by atomic mass is 10.1. The summed E-state index contributed by atoms with van der Waals surface area (Å²) in [7, 11) is 0. The second-order valence-electron chi connectivity index (χ2n) is 5.85. The molecule has 1 amide bonds. The lowest BCUT2D eigenvalue weighted by Crippen LogP contribution is -2.36. The van der Waals surface area contributed by atoms with Gasteiger partial charge in [0.1, 0.15) is 0 Å². The zero-order valence-corrected chi connectivity index (χ0v) is 14.7. The number of hydrogen-bond donors (Lipinski definition) is 0. The molecule has 1 saturated heterocycles. The van der Waals surface area contributed by atoms with E-state index in [1.807, 2.05) is 4.90 Å². The van der Waals surface area contributed by atoms with Crippen LogP contribution < -0.4 is 0 Å². The Bertz CT molecular complexity index is 662. The molecule has 1 fully saturated rings. The van der Waals surface area contributed by atoms with E-state index in [2.05, 4.69) is 18.4 Å². The molecule has 0 spiro atoms. The zero-order valence-electron chi connectivity index (χ0n) is 13.1. The Hall–Kier alpha value is -1.36. The van der Waals surface area contributed by atoms with E-state index in [4.69, 9.17) is 16.3 Å². The van der Waals surface area contributed by atoms with Gasteiger partial charge in [0, 0.05) is 28.6 Å². The average molecular weight is 350 g/mol. The van der Waals surface area contributed by atoms with Crippen molar-refractivity contribution in [1.29, 1.82) is 0 Å². The Morgan fingerprint density at radius 2 is 2.13 bits per heavy atom. The van der Waals surface area contributed by atoms with Crippen molar-refractivity contribution in [1.82, 2.24) is 4.90 Å². The molecule has 1 aromatic carbocycles. The van der Waals surface area contributed by atoms with Crippen molar-refractivity contribution in [3.8, 4) is 0 Å². The SMILES string of the molecule is Cc1ccsc1CN(C[C@@H]1CCCO1)C(=O)c1ccc(Cl)cc1. The molecule has 3 nitrogen and oxygen atoms in total. The molecule has 23 heavy (non-hydrogen) atoms. The van der Waals surface area contributed by atoms with E-state index < -0.39 is 0 Å². The van der Waals surface area contributed by atoms with Crippen molar-refractivity contribution >= 4 is 28.8 Å². The molecule has 2 aromatic rings. The Balaban J connectivity index is 1.79. The molecule has 1 aromatic heterocycles. The first-order valence-electron chi connectivity index (χ1n) is 7.83. The third-order valence-electron chi connectivity index (χ3n) is 4.13. The van der Waals surface area contributed by atoms with Gasteiger partial charge in [-0.2, -0.15) is 0 Å². The minimum atomic E-state index is 0.0324. The van der Waals surface area contributed by atoms with E-state index in [0.717, 1.165) is 19.4 Å². The first-order valence-corrected chi connectivity index (χ1v) is 9.08. The fourth-order valence-corrected chi connectivity index (χ4v) is 3.81. The summed E-state index contributed by atoms with van der Waals surface area (Å²) < 4.78 is 5.73. The van der Waals surface area contributed by atoms with E-state index in [9.17, 15) is 4.79 Å². The van der Waals surface area contributed by atoms with Crippen molar-refractivity contribution < 1.29 is 9.53 Å². The van der Waals surface area contributed by atoms with Gasteiger partial charge in [-0.25, -0.2) is 0 Å². The zero-order chi connectivity index (χ0) is 16.2. The molecular formula is C18H20ClNO2S. The van der Waals surface area contributed by atoms with Crippen LogP contribution in [-0.4, -0.2) is 30.1 Å². The number of thiophene rings is 1. The summed E-state index contributed by atoms with van der Waals surface area (Å²) in [4.78, 5) is 16.0. The Labute approximate surface area is 145 Å². The fraction of sp³-hybridized carbons (Fsp3) is 0.389. The minimum Gasteiger partial charge on any atom is -0.376 e. The van der Waals surface area contributed by atoms with Crippen molar-refractivity contribution in [3.63, 3.8) is 0 Å². The predicted octanol–water partition coefficient (Wildman–Crippen LogP) is 4.53. The van der Waals surface area contributed by atoms with E-state index >= 15 is 0 Å². The van der Waals surface area contributed by atoms with Crippen LogP contribution in [0, 0.1) is 6.92 Å². The van der Waals surface area contributed by atoms with Gasteiger partial charge in [0.05, 0.1) is 12.6 Å². The maximum absolute atomic E-state index is 12.9. The Morgan fingerprint density at radius 3 is 2.74 bits per heavy atom. The third kappa shape index (κ3) is 4.14. The highest BCUT2D eigenvalue weighted by Gasteiger charge is 2.24. The molecule has 122 valence electrons. The molecule has 1 aliphatic rings. The van der Waals surface area contributed by atoms with E-state index in [-0.39, 0.29) is 12.0 Å². The molecule has 1 atom stereocenters. The maximum atomic E-state index is 12.9. The first kappa shape index (κ1) is 16.5. The molecule has 0 unspecified atom stereocenters. The summed E-state index contributed by atoms with van der Waals surface area (Å²) in [5.74, 6) is 0.0324. The normalized spacial score (nSPS) is 17.4. The number of hydrogen-bond acceptors (Lipinski definition) is 3. The van der Waals surface area contributed by atoms with Gasteiger partial charge in [0.15, 0.2) is 0 Å². The molecule has 2 heterocycles. The Morgan fingerprint density at radius 1 is 1.35 bits per heavy atom. The average Bonchev–Trinajstić information content (AvgIpc) is 3.19. The van der Waals surface area contributed by atoms with Gasteiger partial charge < -0.3 is 9.64 Å². The van der Waals surface area contributed by atoms with Crippen LogP contribution >= 0.6 is 22.9 Å². The van der Waals surface area contributed by atoms with Gasteiger partial charge in [-0.3, -0.25) is 4.79 Å². The molecule has 0 bridgehead atoms. The topological polar surface area (TPSA) is 29.5 Å². The molecular weight excluding hydrogens is 330 g/mol. The monoisotopic (exact) mass is 349 g/mol. The van der Waals surface area contributed by atoms with Crippen LogP contribution in [0.4, 0.5) is 0 Å². The highest BCUT2D eigenvalue weighted by Crippen LogP contribution is 2.22. The Kier molecular flexibility index (Phi) is 5.36. The predicted molar refractivity (Wildman–Crippen MR) is 94.2 cm³/mol. The summed E-state index contributed by atoms with van der Waals surface area (Å²) >= 11 is 7.62. The molecule has 5 heteroatoms. The summed E-state index contributed by atoms with van der Waals surface area (Å²) in [6, 6.07) is 9.19. The summed E-state index contributed by atoms with van der Waals surface area (Å²) in [5.41, 5.74) is 1.90. The van der Waals surface area contributed by atoms with Crippen LogP contribution in [0.1, 0.15) is 33.6 Å². The van der Waals surface area contributed by atoms with E-state index in [1.165, 1.54) is 10.4 Å². The van der Waals surface area contributed by atoms with Gasteiger partial charge in [0.2, 0.25) is 0 Å². The second kappa shape index (κ2) is 7.47. The highest BCUT2D eigenvalue weighted by molar-refractivity contribution is 7.10.